The number of carbonyl (C=O) groups is 2. The maximum atomic E-state index is 13.6. The summed E-state index contributed by atoms with van der Waals surface area (Å²) >= 11 is 0. The number of Topliss-reactive ketones (excluding diaryl/α,β-unsaturated/α-hetero) is 1. The summed E-state index contributed by atoms with van der Waals surface area (Å²) in [5.41, 5.74) is -0.152. The van der Waals surface area contributed by atoms with E-state index in [1.54, 1.807) is 32.0 Å². The second-order valence-electron chi connectivity index (χ2n) is 9.26. The van der Waals surface area contributed by atoms with E-state index < -0.39 is 34.7 Å². The highest BCUT2D eigenvalue weighted by atomic mass is 16.5. The minimum atomic E-state index is -1.10. The molecule has 0 radical (unpaired) electrons. The number of fused-ring (bicyclic) bond motifs is 4. The number of phenols is 1. The van der Waals surface area contributed by atoms with Crippen LogP contribution in [-0.4, -0.2) is 37.7 Å². The van der Waals surface area contributed by atoms with Gasteiger partial charge in [0, 0.05) is 18.9 Å². The van der Waals surface area contributed by atoms with Crippen molar-refractivity contribution in [2.45, 2.75) is 38.8 Å². The number of phenolic OH excluding ortho intramolecular Hbond substituents is 1. The zero-order chi connectivity index (χ0) is 23.8. The maximum Gasteiger partial charge on any atom is 0.347 e. The molecule has 1 aliphatic heterocycles. The highest BCUT2D eigenvalue weighted by Gasteiger charge is 2.59. The van der Waals surface area contributed by atoms with Crippen molar-refractivity contribution in [1.82, 2.24) is 13.9 Å². The number of aromatic hydroxyl groups is 1. The lowest BCUT2D eigenvalue weighted by Crippen LogP contribution is -2.54. The van der Waals surface area contributed by atoms with E-state index in [1.165, 1.54) is 29.6 Å². The molecule has 33 heavy (non-hydrogen) atoms. The first kappa shape index (κ1) is 21.2. The van der Waals surface area contributed by atoms with E-state index in [0.29, 0.717) is 16.9 Å². The molecule has 2 aliphatic carbocycles. The highest BCUT2D eigenvalue weighted by Crippen LogP contribution is 2.60. The molecule has 5 rings (SSSR count). The molecule has 0 saturated heterocycles. The first-order valence-electron chi connectivity index (χ1n) is 10.8. The van der Waals surface area contributed by atoms with Crippen LogP contribution < -0.4 is 16.1 Å². The fourth-order valence-corrected chi connectivity index (χ4v) is 6.03. The number of aromatic nitrogens is 3. The van der Waals surface area contributed by atoms with Gasteiger partial charge in [0.1, 0.15) is 0 Å². The van der Waals surface area contributed by atoms with Crippen LogP contribution in [0.2, 0.25) is 0 Å². The van der Waals surface area contributed by atoms with E-state index in [9.17, 15) is 24.3 Å². The van der Waals surface area contributed by atoms with Gasteiger partial charge < -0.3 is 9.84 Å². The van der Waals surface area contributed by atoms with Gasteiger partial charge in [0.15, 0.2) is 23.1 Å². The number of methoxy groups -OCH3 is 1. The van der Waals surface area contributed by atoms with E-state index in [0.717, 1.165) is 10.1 Å². The number of ether oxygens (including phenoxy) is 1. The summed E-state index contributed by atoms with van der Waals surface area (Å²) in [6.07, 6.45) is 3.50. The van der Waals surface area contributed by atoms with Crippen molar-refractivity contribution in [2.75, 3.05) is 7.11 Å². The third kappa shape index (κ3) is 2.65. The summed E-state index contributed by atoms with van der Waals surface area (Å²) in [6, 6.07) is 4.39. The molecule has 3 aliphatic rings. The van der Waals surface area contributed by atoms with Crippen molar-refractivity contribution in [3.8, 4) is 11.5 Å². The first-order valence-corrected chi connectivity index (χ1v) is 10.8. The summed E-state index contributed by atoms with van der Waals surface area (Å²) < 4.78 is 9.02. The lowest BCUT2D eigenvalue weighted by atomic mass is 9.51. The molecule has 2 aromatic rings. The largest absolute Gasteiger partial charge is 0.504 e. The molecule has 1 saturated carbocycles. The molecule has 1 aromatic heterocycles. The molecule has 4 atom stereocenters. The topological polar surface area (TPSA) is 113 Å². The van der Waals surface area contributed by atoms with Crippen molar-refractivity contribution in [3.05, 3.63) is 68.0 Å². The van der Waals surface area contributed by atoms with Gasteiger partial charge in [0.2, 0.25) is 0 Å². The van der Waals surface area contributed by atoms with Crippen LogP contribution in [0, 0.1) is 11.3 Å². The standard InChI is InChI=1S/C24H25N3O6/c1-12-9-17(28)15-11-16-14(7-8-26-22(31)25(3)23(32)27(16)26)20(24(15,2)21(12)30)13-5-6-19(33-4)18(29)10-13/h5-7,9-10,15-16,20,29H,8,11H2,1-4H3/t15-,16+,20-,24+/m0/s1. The fraction of sp³-hybridized carbons (Fsp3) is 0.417. The Balaban J connectivity index is 1.79. The van der Waals surface area contributed by atoms with Crippen molar-refractivity contribution >= 4 is 11.6 Å². The van der Waals surface area contributed by atoms with Gasteiger partial charge in [0.05, 0.1) is 25.1 Å². The summed E-state index contributed by atoms with van der Waals surface area (Å²) in [5.74, 6) is -1.34. The number of rotatable bonds is 2. The van der Waals surface area contributed by atoms with Gasteiger partial charge in [-0.25, -0.2) is 23.5 Å². The predicted octanol–water partition coefficient (Wildman–Crippen LogP) is 1.45. The van der Waals surface area contributed by atoms with E-state index >= 15 is 0 Å². The van der Waals surface area contributed by atoms with Crippen LogP contribution in [0.25, 0.3) is 0 Å². The zero-order valence-electron chi connectivity index (χ0n) is 18.9. The highest BCUT2D eigenvalue weighted by molar-refractivity contribution is 6.13. The summed E-state index contributed by atoms with van der Waals surface area (Å²) in [7, 11) is 2.88. The first-order chi connectivity index (χ1) is 15.6. The van der Waals surface area contributed by atoms with E-state index in [-0.39, 0.29) is 30.3 Å². The van der Waals surface area contributed by atoms with Crippen molar-refractivity contribution in [3.63, 3.8) is 0 Å². The number of benzene rings is 1. The third-order valence-corrected chi connectivity index (χ3v) is 7.63. The normalized spacial score (nSPS) is 28.4. The number of allylic oxidation sites excluding steroid dienone is 4. The summed E-state index contributed by atoms with van der Waals surface area (Å²) in [6.45, 7) is 3.62. The van der Waals surface area contributed by atoms with Gasteiger partial charge in [-0.1, -0.05) is 19.1 Å². The average molecular weight is 451 g/mol. The lowest BCUT2D eigenvalue weighted by Gasteiger charge is -2.52. The van der Waals surface area contributed by atoms with E-state index in [2.05, 4.69) is 0 Å². The van der Waals surface area contributed by atoms with Crippen molar-refractivity contribution in [1.29, 1.82) is 0 Å². The van der Waals surface area contributed by atoms with Crippen LogP contribution in [0.5, 0.6) is 11.5 Å². The Labute approximate surface area is 189 Å². The minimum absolute atomic E-state index is 0.0793. The van der Waals surface area contributed by atoms with Crippen LogP contribution in [0.4, 0.5) is 0 Å². The Morgan fingerprint density at radius 1 is 1.15 bits per heavy atom. The molecule has 9 heteroatoms. The smallest absolute Gasteiger partial charge is 0.347 e. The molecule has 2 heterocycles. The molecule has 1 fully saturated rings. The number of ketones is 2. The second-order valence-corrected chi connectivity index (χ2v) is 9.26. The quantitative estimate of drug-likeness (QED) is 0.692. The number of carbonyl (C=O) groups excluding carboxylic acids is 2. The van der Waals surface area contributed by atoms with Crippen LogP contribution in [0.3, 0.4) is 0 Å². The molecule has 9 nitrogen and oxygen atoms in total. The van der Waals surface area contributed by atoms with Gasteiger partial charge in [-0.05, 0) is 48.3 Å². The Morgan fingerprint density at radius 3 is 2.55 bits per heavy atom. The van der Waals surface area contributed by atoms with Crippen LogP contribution in [0.15, 0.2) is 51.1 Å². The Bertz CT molecular complexity index is 1400. The van der Waals surface area contributed by atoms with Gasteiger partial charge in [-0.2, -0.15) is 0 Å². The Kier molecular flexibility index (Phi) is 4.46. The maximum absolute atomic E-state index is 13.6. The lowest BCUT2D eigenvalue weighted by molar-refractivity contribution is -0.139. The molecule has 0 amide bonds. The molecular weight excluding hydrogens is 426 g/mol. The number of nitrogens with zero attached hydrogens (tertiary/aromatic N) is 3. The molecule has 1 aromatic carbocycles. The molecule has 0 spiro atoms. The molecule has 1 N–H and O–H groups in total. The van der Waals surface area contributed by atoms with Crippen LogP contribution in [0.1, 0.15) is 37.8 Å². The Morgan fingerprint density at radius 2 is 1.88 bits per heavy atom. The van der Waals surface area contributed by atoms with Gasteiger partial charge in [-0.15, -0.1) is 0 Å². The van der Waals surface area contributed by atoms with Gasteiger partial charge in [-0.3, -0.25) is 9.59 Å². The second kappa shape index (κ2) is 6.94. The molecular formula is C24H25N3O6. The molecule has 172 valence electrons. The minimum Gasteiger partial charge on any atom is -0.504 e. The van der Waals surface area contributed by atoms with Gasteiger partial charge in [0.25, 0.3) is 0 Å². The SMILES string of the molecule is COc1ccc([C@H]2C3=CCn4c(=O)n(C)c(=O)n4[C@@H]3C[C@H]3C(=O)C=C(C)C(=O)[C@@]23C)cc1O. The van der Waals surface area contributed by atoms with Crippen LogP contribution in [-0.2, 0) is 23.2 Å². The third-order valence-electron chi connectivity index (χ3n) is 7.63. The fourth-order valence-electron chi connectivity index (χ4n) is 6.03. The predicted molar refractivity (Wildman–Crippen MR) is 118 cm³/mol. The van der Waals surface area contributed by atoms with Gasteiger partial charge >= 0.3 is 11.4 Å². The van der Waals surface area contributed by atoms with Crippen molar-refractivity contribution in [2.24, 2.45) is 18.4 Å². The Hall–Kier alpha value is -3.62. The van der Waals surface area contributed by atoms with Crippen LogP contribution >= 0.6 is 0 Å². The summed E-state index contributed by atoms with van der Waals surface area (Å²) in [4.78, 5) is 52.3. The summed E-state index contributed by atoms with van der Waals surface area (Å²) in [5, 5.41) is 10.5. The van der Waals surface area contributed by atoms with E-state index in [1.807, 2.05) is 6.08 Å². The number of hydrogen-bond acceptors (Lipinski definition) is 6. The van der Waals surface area contributed by atoms with Crippen molar-refractivity contribution < 1.29 is 19.4 Å². The number of hydrogen-bond donors (Lipinski definition) is 1. The monoisotopic (exact) mass is 451 g/mol. The average Bonchev–Trinajstić information content (AvgIpc) is 3.01. The zero-order valence-corrected chi connectivity index (χ0v) is 18.9. The molecule has 0 unspecified atom stereocenters. The molecule has 0 bridgehead atoms. The van der Waals surface area contributed by atoms with E-state index in [4.69, 9.17) is 4.74 Å².